The summed E-state index contributed by atoms with van der Waals surface area (Å²) in [5.41, 5.74) is 7.54. The number of hydrogen-bond acceptors (Lipinski definition) is 3. The second-order valence-corrected chi connectivity index (χ2v) is 6.03. The van der Waals surface area contributed by atoms with Crippen LogP contribution in [0, 0.1) is 5.92 Å². The van der Waals surface area contributed by atoms with E-state index in [0.29, 0.717) is 0 Å². The topological polar surface area (TPSA) is 38.5 Å². The van der Waals surface area contributed by atoms with Crippen LogP contribution in [0.3, 0.4) is 0 Å². The van der Waals surface area contributed by atoms with E-state index in [9.17, 15) is 0 Å². The maximum Gasteiger partial charge on any atom is 0.119 e. The van der Waals surface area contributed by atoms with Gasteiger partial charge < -0.3 is 15.4 Å². The molecule has 0 aliphatic carbocycles. The van der Waals surface area contributed by atoms with Crippen LogP contribution < -0.4 is 10.5 Å². The van der Waals surface area contributed by atoms with E-state index in [1.54, 1.807) is 0 Å². The highest BCUT2D eigenvalue weighted by molar-refractivity contribution is 5.29. The van der Waals surface area contributed by atoms with Crippen LogP contribution in [0.5, 0.6) is 5.75 Å². The number of likely N-dealkylation sites (tertiary alicyclic amines) is 1. The van der Waals surface area contributed by atoms with Crippen LogP contribution in [-0.2, 0) is 0 Å². The number of nitrogens with two attached hydrogens (primary N) is 1. The number of rotatable bonds is 6. The fourth-order valence-electron chi connectivity index (χ4n) is 2.87. The van der Waals surface area contributed by atoms with E-state index in [0.717, 1.165) is 31.2 Å². The highest BCUT2D eigenvalue weighted by Gasteiger charge is 2.18. The summed E-state index contributed by atoms with van der Waals surface area (Å²) >= 11 is 0. The molecular formula is C17H28N2O. The van der Waals surface area contributed by atoms with Gasteiger partial charge in [0.25, 0.3) is 0 Å². The Bertz CT molecular complexity index is 390. The predicted octanol–water partition coefficient (Wildman–Crippen LogP) is 3.21. The number of piperidine rings is 1. The molecule has 0 spiro atoms. The number of nitrogens with zero attached hydrogens (tertiary/aromatic N) is 1. The lowest BCUT2D eigenvalue weighted by Crippen LogP contribution is -2.39. The average Bonchev–Trinajstić information content (AvgIpc) is 2.45. The number of benzene rings is 1. The molecule has 0 amide bonds. The minimum Gasteiger partial charge on any atom is -0.494 e. The second kappa shape index (κ2) is 7.65. The van der Waals surface area contributed by atoms with Gasteiger partial charge in [-0.2, -0.15) is 0 Å². The van der Waals surface area contributed by atoms with Crippen LogP contribution in [-0.4, -0.2) is 31.1 Å². The van der Waals surface area contributed by atoms with Gasteiger partial charge >= 0.3 is 0 Å². The molecule has 0 saturated carbocycles. The van der Waals surface area contributed by atoms with Crippen molar-refractivity contribution in [2.75, 3.05) is 26.2 Å². The van der Waals surface area contributed by atoms with Crippen LogP contribution >= 0.6 is 0 Å². The predicted molar refractivity (Wildman–Crippen MR) is 84.0 cm³/mol. The van der Waals surface area contributed by atoms with Crippen molar-refractivity contribution in [3.05, 3.63) is 29.8 Å². The van der Waals surface area contributed by atoms with E-state index in [1.165, 1.54) is 31.5 Å². The van der Waals surface area contributed by atoms with E-state index in [1.807, 2.05) is 12.1 Å². The first-order valence-corrected chi connectivity index (χ1v) is 7.89. The number of hydrogen-bond donors (Lipinski definition) is 1. The Morgan fingerprint density at radius 1 is 1.35 bits per heavy atom. The van der Waals surface area contributed by atoms with Crippen molar-refractivity contribution in [2.24, 2.45) is 11.7 Å². The monoisotopic (exact) mass is 276 g/mol. The molecule has 2 unspecified atom stereocenters. The molecule has 3 heteroatoms. The SMILES string of the molecule is CCCOc1ccc(C(N)CN2CCCC(C)C2)cc1. The van der Waals surface area contributed by atoms with E-state index >= 15 is 0 Å². The van der Waals surface area contributed by atoms with E-state index < -0.39 is 0 Å². The summed E-state index contributed by atoms with van der Waals surface area (Å²) in [6.07, 6.45) is 3.70. The molecule has 0 radical (unpaired) electrons. The van der Waals surface area contributed by atoms with Crippen LogP contribution in [0.1, 0.15) is 44.7 Å². The van der Waals surface area contributed by atoms with Crippen LogP contribution in [0.25, 0.3) is 0 Å². The first-order chi connectivity index (χ1) is 9.69. The third-order valence-corrected chi connectivity index (χ3v) is 3.98. The van der Waals surface area contributed by atoms with Crippen molar-refractivity contribution in [1.29, 1.82) is 0 Å². The third-order valence-electron chi connectivity index (χ3n) is 3.98. The summed E-state index contributed by atoms with van der Waals surface area (Å²) in [4.78, 5) is 2.50. The van der Waals surface area contributed by atoms with Crippen molar-refractivity contribution in [3.63, 3.8) is 0 Å². The van der Waals surface area contributed by atoms with Crippen molar-refractivity contribution in [1.82, 2.24) is 4.90 Å². The highest BCUT2D eigenvalue weighted by Crippen LogP contribution is 2.20. The summed E-state index contributed by atoms with van der Waals surface area (Å²) < 4.78 is 5.60. The van der Waals surface area contributed by atoms with E-state index in [4.69, 9.17) is 10.5 Å². The molecule has 112 valence electrons. The smallest absolute Gasteiger partial charge is 0.119 e. The Morgan fingerprint density at radius 3 is 2.75 bits per heavy atom. The molecule has 1 fully saturated rings. The van der Waals surface area contributed by atoms with Gasteiger partial charge in [-0.15, -0.1) is 0 Å². The lowest BCUT2D eigenvalue weighted by molar-refractivity contribution is 0.174. The summed E-state index contributed by atoms with van der Waals surface area (Å²) in [6, 6.07) is 8.36. The van der Waals surface area contributed by atoms with Gasteiger partial charge in [-0.1, -0.05) is 26.0 Å². The molecule has 2 atom stereocenters. The lowest BCUT2D eigenvalue weighted by atomic mass is 9.99. The summed E-state index contributed by atoms with van der Waals surface area (Å²) in [6.45, 7) is 8.55. The average molecular weight is 276 g/mol. The van der Waals surface area contributed by atoms with Gasteiger partial charge in [0, 0.05) is 19.1 Å². The molecule has 1 saturated heterocycles. The Kier molecular flexibility index (Phi) is 5.86. The normalized spacial score (nSPS) is 21.6. The van der Waals surface area contributed by atoms with Crippen molar-refractivity contribution in [2.45, 2.75) is 39.2 Å². The van der Waals surface area contributed by atoms with Gasteiger partial charge in [0.05, 0.1) is 6.61 Å². The lowest BCUT2D eigenvalue weighted by Gasteiger charge is -2.32. The molecule has 2 N–H and O–H groups in total. The molecule has 1 heterocycles. The molecule has 1 aliphatic heterocycles. The molecule has 20 heavy (non-hydrogen) atoms. The van der Waals surface area contributed by atoms with Gasteiger partial charge in [-0.25, -0.2) is 0 Å². The quantitative estimate of drug-likeness (QED) is 0.867. The first kappa shape index (κ1) is 15.3. The molecule has 3 nitrogen and oxygen atoms in total. The van der Waals surface area contributed by atoms with E-state index in [2.05, 4.69) is 30.9 Å². The van der Waals surface area contributed by atoms with Crippen LogP contribution in [0.2, 0.25) is 0 Å². The maximum atomic E-state index is 6.34. The minimum atomic E-state index is 0.0977. The zero-order valence-electron chi connectivity index (χ0n) is 12.8. The maximum absolute atomic E-state index is 6.34. The van der Waals surface area contributed by atoms with Gasteiger partial charge in [-0.05, 0) is 49.4 Å². The standard InChI is InChI=1S/C17H28N2O/c1-3-11-20-16-8-6-15(7-9-16)17(18)13-19-10-4-5-14(2)12-19/h6-9,14,17H,3-5,10-13,18H2,1-2H3. The Balaban J connectivity index is 1.86. The third kappa shape index (κ3) is 4.50. The van der Waals surface area contributed by atoms with Crippen LogP contribution in [0.4, 0.5) is 0 Å². The minimum absolute atomic E-state index is 0.0977. The zero-order chi connectivity index (χ0) is 14.4. The molecular weight excluding hydrogens is 248 g/mol. The van der Waals surface area contributed by atoms with Gasteiger partial charge in [-0.3, -0.25) is 0 Å². The Labute approximate surface area is 123 Å². The molecule has 1 aromatic rings. The Hall–Kier alpha value is -1.06. The zero-order valence-corrected chi connectivity index (χ0v) is 12.8. The largest absolute Gasteiger partial charge is 0.494 e. The molecule has 2 rings (SSSR count). The molecule has 0 aromatic heterocycles. The van der Waals surface area contributed by atoms with Gasteiger partial charge in [0.2, 0.25) is 0 Å². The van der Waals surface area contributed by atoms with Gasteiger partial charge in [0.15, 0.2) is 0 Å². The molecule has 0 bridgehead atoms. The fraction of sp³-hybridized carbons (Fsp3) is 0.647. The summed E-state index contributed by atoms with van der Waals surface area (Å²) in [5.74, 6) is 1.75. The fourth-order valence-corrected chi connectivity index (χ4v) is 2.87. The summed E-state index contributed by atoms with van der Waals surface area (Å²) in [5, 5.41) is 0. The highest BCUT2D eigenvalue weighted by atomic mass is 16.5. The number of ether oxygens (including phenoxy) is 1. The first-order valence-electron chi connectivity index (χ1n) is 7.89. The van der Waals surface area contributed by atoms with Crippen molar-refractivity contribution in [3.8, 4) is 5.75 Å². The second-order valence-electron chi connectivity index (χ2n) is 6.03. The molecule has 1 aliphatic rings. The van der Waals surface area contributed by atoms with Crippen molar-refractivity contribution < 1.29 is 4.74 Å². The Morgan fingerprint density at radius 2 is 2.10 bits per heavy atom. The summed E-state index contributed by atoms with van der Waals surface area (Å²) in [7, 11) is 0. The van der Waals surface area contributed by atoms with E-state index in [-0.39, 0.29) is 6.04 Å². The molecule has 1 aromatic carbocycles. The van der Waals surface area contributed by atoms with Crippen LogP contribution in [0.15, 0.2) is 24.3 Å². The van der Waals surface area contributed by atoms with Gasteiger partial charge in [0.1, 0.15) is 5.75 Å². The van der Waals surface area contributed by atoms with Crippen molar-refractivity contribution >= 4 is 0 Å².